The van der Waals surface area contributed by atoms with Crippen molar-refractivity contribution < 1.29 is 26.5 Å². The van der Waals surface area contributed by atoms with E-state index in [2.05, 4.69) is 6.07 Å². The third kappa shape index (κ3) is 5.82. The van der Waals surface area contributed by atoms with Gasteiger partial charge >= 0.3 is 23.1 Å². The van der Waals surface area contributed by atoms with E-state index in [1.807, 2.05) is 18.2 Å². The maximum absolute atomic E-state index is 5.10. The van der Waals surface area contributed by atoms with E-state index in [0.29, 0.717) is 0 Å². The molecule has 0 amide bonds. The van der Waals surface area contributed by atoms with Crippen LogP contribution in [0.15, 0.2) is 24.3 Å². The number of rotatable bonds is 3. The molecule has 0 aliphatic heterocycles. The Bertz CT molecular complexity index is 182. The van der Waals surface area contributed by atoms with Gasteiger partial charge < -0.3 is 26.5 Å². The van der Waals surface area contributed by atoms with E-state index < -0.39 is 0 Å². The minimum absolute atomic E-state index is 0. The zero-order valence-electron chi connectivity index (χ0n) is 6.92. The molecule has 0 atom stereocenters. The Labute approximate surface area is 99.2 Å². The molecule has 62 valence electrons. The van der Waals surface area contributed by atoms with Gasteiger partial charge in [-0.05, 0) is 0 Å². The Morgan fingerprint density at radius 1 is 1.50 bits per heavy atom. The molecule has 0 aromatic heterocycles. The van der Waals surface area contributed by atoms with Gasteiger partial charge in [-0.3, -0.25) is 0 Å². The van der Waals surface area contributed by atoms with Gasteiger partial charge in [0.15, 0.2) is 6.79 Å². The van der Waals surface area contributed by atoms with Crippen LogP contribution in [0.4, 0.5) is 0 Å². The summed E-state index contributed by atoms with van der Waals surface area (Å²) in [5, 5.41) is 0. The van der Waals surface area contributed by atoms with Crippen LogP contribution in [0.1, 0.15) is 0 Å². The molecule has 1 rings (SSSR count). The Kier molecular flexibility index (Phi) is 11.4. The van der Waals surface area contributed by atoms with Crippen molar-refractivity contribution in [3.63, 3.8) is 0 Å². The number of halogens is 1. The van der Waals surface area contributed by atoms with Gasteiger partial charge in [-0.2, -0.15) is 18.2 Å². The third-order valence-electron chi connectivity index (χ3n) is 1.02. The molecule has 0 saturated heterocycles. The second-order valence-electron chi connectivity index (χ2n) is 1.79. The SMILES string of the molecule is COCOc1c[c-]ccc1.[Br-].[Mg+2]. The zero-order valence-corrected chi connectivity index (χ0v) is 9.92. The van der Waals surface area contributed by atoms with Crippen LogP contribution < -0.4 is 21.7 Å². The van der Waals surface area contributed by atoms with Gasteiger partial charge in [0.05, 0.1) is 0 Å². The van der Waals surface area contributed by atoms with Crippen LogP contribution >= 0.6 is 0 Å². The standard InChI is InChI=1S/C8H9O2.BrH.Mg/c1-9-7-10-8-5-3-2-4-6-8;;/h2-3,5-6H,7H2,1H3;1H;/q-1;;+2/p-1. The van der Waals surface area contributed by atoms with Crippen molar-refractivity contribution in [2.45, 2.75) is 0 Å². The maximum atomic E-state index is 5.10. The van der Waals surface area contributed by atoms with Crippen molar-refractivity contribution in [2.24, 2.45) is 0 Å². The molecule has 1 aromatic carbocycles. The predicted molar refractivity (Wildman–Crippen MR) is 43.5 cm³/mol. The molecule has 0 aliphatic carbocycles. The first-order valence-corrected chi connectivity index (χ1v) is 3.01. The monoisotopic (exact) mass is 240 g/mol. The van der Waals surface area contributed by atoms with E-state index in [-0.39, 0.29) is 46.8 Å². The Morgan fingerprint density at radius 3 is 2.75 bits per heavy atom. The summed E-state index contributed by atoms with van der Waals surface area (Å²) in [6, 6.07) is 10.2. The fraction of sp³-hybridized carbons (Fsp3) is 0.250. The molecule has 0 spiro atoms. The minimum atomic E-state index is 0. The van der Waals surface area contributed by atoms with Crippen LogP contribution in [-0.2, 0) is 4.74 Å². The summed E-state index contributed by atoms with van der Waals surface area (Å²) < 4.78 is 9.81. The molecule has 0 unspecified atom stereocenters. The summed E-state index contributed by atoms with van der Waals surface area (Å²) >= 11 is 0. The quantitative estimate of drug-likeness (QED) is 0.349. The topological polar surface area (TPSA) is 18.5 Å². The summed E-state index contributed by atoms with van der Waals surface area (Å²) in [5.74, 6) is 0.782. The molecule has 0 N–H and O–H groups in total. The molecule has 0 fully saturated rings. The number of hydrogen-bond donors (Lipinski definition) is 0. The molecular formula is C8H9BrMgO2. The van der Waals surface area contributed by atoms with Crippen molar-refractivity contribution in [3.05, 3.63) is 30.3 Å². The van der Waals surface area contributed by atoms with Gasteiger partial charge in [-0.1, -0.05) is 0 Å². The van der Waals surface area contributed by atoms with E-state index in [1.54, 1.807) is 13.2 Å². The summed E-state index contributed by atoms with van der Waals surface area (Å²) in [5.41, 5.74) is 0. The second kappa shape index (κ2) is 9.32. The normalized spacial score (nSPS) is 7.75. The second-order valence-corrected chi connectivity index (χ2v) is 1.79. The van der Waals surface area contributed by atoms with Crippen LogP contribution in [0.5, 0.6) is 5.75 Å². The van der Waals surface area contributed by atoms with Crippen molar-refractivity contribution in [3.8, 4) is 5.75 Å². The van der Waals surface area contributed by atoms with Gasteiger partial charge in [-0.15, -0.1) is 12.1 Å². The van der Waals surface area contributed by atoms with Crippen LogP contribution in [0.2, 0.25) is 0 Å². The van der Waals surface area contributed by atoms with E-state index in [9.17, 15) is 0 Å². The van der Waals surface area contributed by atoms with Crippen molar-refractivity contribution in [1.29, 1.82) is 0 Å². The van der Waals surface area contributed by atoms with Crippen molar-refractivity contribution in [2.75, 3.05) is 13.9 Å². The molecule has 12 heavy (non-hydrogen) atoms. The van der Waals surface area contributed by atoms with Crippen LogP contribution in [-0.4, -0.2) is 37.0 Å². The van der Waals surface area contributed by atoms with Crippen LogP contribution in [0.3, 0.4) is 0 Å². The molecule has 2 nitrogen and oxygen atoms in total. The molecule has 0 radical (unpaired) electrons. The van der Waals surface area contributed by atoms with E-state index in [4.69, 9.17) is 9.47 Å². The fourth-order valence-corrected chi connectivity index (χ4v) is 0.594. The zero-order chi connectivity index (χ0) is 7.23. The number of benzene rings is 1. The summed E-state index contributed by atoms with van der Waals surface area (Å²) in [7, 11) is 1.59. The molecule has 0 heterocycles. The Morgan fingerprint density at radius 2 is 2.25 bits per heavy atom. The third-order valence-corrected chi connectivity index (χ3v) is 1.02. The maximum Gasteiger partial charge on any atom is 2.00 e. The Hall–Kier alpha value is 0.226. The summed E-state index contributed by atoms with van der Waals surface area (Å²) in [4.78, 5) is 0. The summed E-state index contributed by atoms with van der Waals surface area (Å²) in [6.45, 7) is 0.290. The first-order valence-electron chi connectivity index (χ1n) is 3.01. The van der Waals surface area contributed by atoms with Gasteiger partial charge in [0.2, 0.25) is 0 Å². The van der Waals surface area contributed by atoms with E-state index in [1.165, 1.54) is 0 Å². The van der Waals surface area contributed by atoms with Gasteiger partial charge in [0, 0.05) is 12.9 Å². The molecule has 0 bridgehead atoms. The molecule has 4 heteroatoms. The molecule has 0 aliphatic rings. The van der Waals surface area contributed by atoms with Crippen LogP contribution in [0, 0.1) is 6.07 Å². The number of ether oxygens (including phenoxy) is 2. The first kappa shape index (κ1) is 14.7. The smallest absolute Gasteiger partial charge is 1.00 e. The number of methoxy groups -OCH3 is 1. The average molecular weight is 241 g/mol. The molecular weight excluding hydrogens is 232 g/mol. The van der Waals surface area contributed by atoms with Crippen LogP contribution in [0.25, 0.3) is 0 Å². The molecule has 1 aromatic rings. The average Bonchev–Trinajstić information content (AvgIpc) is 2.03. The Balaban J connectivity index is 0. The molecule has 0 saturated carbocycles. The first-order chi connectivity index (χ1) is 4.93. The van der Waals surface area contributed by atoms with E-state index >= 15 is 0 Å². The fourth-order valence-electron chi connectivity index (χ4n) is 0.594. The summed E-state index contributed by atoms with van der Waals surface area (Å²) in [6.07, 6.45) is 0. The van der Waals surface area contributed by atoms with Gasteiger partial charge in [0.25, 0.3) is 0 Å². The largest absolute Gasteiger partial charge is 2.00 e. The predicted octanol–water partition coefficient (Wildman–Crippen LogP) is -1.91. The van der Waals surface area contributed by atoms with Crippen molar-refractivity contribution >= 4 is 23.1 Å². The van der Waals surface area contributed by atoms with E-state index in [0.717, 1.165) is 5.75 Å². The van der Waals surface area contributed by atoms with Gasteiger partial charge in [0.1, 0.15) is 0 Å². The van der Waals surface area contributed by atoms with Crippen molar-refractivity contribution in [1.82, 2.24) is 0 Å². The minimum Gasteiger partial charge on any atom is -1.00 e. The number of hydrogen-bond acceptors (Lipinski definition) is 2. The van der Waals surface area contributed by atoms with Gasteiger partial charge in [-0.25, -0.2) is 0 Å².